The van der Waals surface area contributed by atoms with E-state index in [1.807, 2.05) is 19.9 Å². The minimum Gasteiger partial charge on any atom is -0.494 e. The molecule has 0 aromatic heterocycles. The maximum Gasteiger partial charge on any atom is 0.407 e. The van der Waals surface area contributed by atoms with Crippen molar-refractivity contribution in [1.82, 2.24) is 16.0 Å². The molecule has 1 saturated heterocycles. The van der Waals surface area contributed by atoms with Crippen LogP contribution in [0.3, 0.4) is 0 Å². The summed E-state index contributed by atoms with van der Waals surface area (Å²) in [6, 6.07) is -1.85. The molecule has 48 heavy (non-hydrogen) atoms. The molecule has 15 heteroatoms. The molecule has 2 aliphatic heterocycles. The van der Waals surface area contributed by atoms with Gasteiger partial charge in [-0.05, 0) is 73.3 Å². The maximum atomic E-state index is 13.3. The summed E-state index contributed by atoms with van der Waals surface area (Å²) in [7, 11) is 0. The zero-order chi connectivity index (χ0) is 36.2. The number of aliphatic hydroxyl groups is 4. The Morgan fingerprint density at radius 1 is 1.04 bits per heavy atom. The molecule has 2 heterocycles. The number of allylic oxidation sites excluding steroid dienone is 2. The van der Waals surface area contributed by atoms with E-state index in [4.69, 9.17) is 23.7 Å². The summed E-state index contributed by atoms with van der Waals surface area (Å²) in [5.41, 5.74) is -2.92. The van der Waals surface area contributed by atoms with Gasteiger partial charge in [-0.1, -0.05) is 13.8 Å². The third-order valence-electron chi connectivity index (χ3n) is 8.38. The van der Waals surface area contributed by atoms with E-state index in [1.54, 1.807) is 41.5 Å². The minimum absolute atomic E-state index is 0.00186. The van der Waals surface area contributed by atoms with E-state index in [-0.39, 0.29) is 25.4 Å². The van der Waals surface area contributed by atoms with E-state index in [0.29, 0.717) is 12.8 Å². The summed E-state index contributed by atoms with van der Waals surface area (Å²) in [5, 5.41) is 51.9. The quantitative estimate of drug-likeness (QED) is 0.184. The van der Waals surface area contributed by atoms with Crippen molar-refractivity contribution in [1.29, 1.82) is 0 Å². The molecule has 11 atom stereocenters. The number of hydrogen-bond acceptors (Lipinski definition) is 12. The SMILES string of the molecule is CCC1=CCC(C)C(C2C(NC(=O)OC(C)(C)C)CC(NC(=O)C(O)CNC(=O)OC(C)(C)C)C(OC3OCC(C)(O)CC3O)C2O)O1. The molecule has 2 fully saturated rings. The lowest BCUT2D eigenvalue weighted by Gasteiger charge is -2.50. The molecule has 7 N–H and O–H groups in total. The Bertz CT molecular complexity index is 1150. The number of rotatable bonds is 9. The fraction of sp³-hybridized carbons (Fsp3) is 0.848. The molecule has 0 aromatic rings. The summed E-state index contributed by atoms with van der Waals surface area (Å²) in [6.07, 6.45) is -5.80. The predicted molar refractivity (Wildman–Crippen MR) is 172 cm³/mol. The Kier molecular flexibility index (Phi) is 13.2. The van der Waals surface area contributed by atoms with E-state index < -0.39 is 96.3 Å². The summed E-state index contributed by atoms with van der Waals surface area (Å²) >= 11 is 0. The van der Waals surface area contributed by atoms with Gasteiger partial charge < -0.3 is 60.1 Å². The number of amides is 3. The highest BCUT2D eigenvalue weighted by Crippen LogP contribution is 2.40. The highest BCUT2D eigenvalue weighted by molar-refractivity contribution is 5.82. The van der Waals surface area contributed by atoms with Crippen LogP contribution in [0.1, 0.15) is 88.0 Å². The van der Waals surface area contributed by atoms with Gasteiger partial charge in [0.05, 0.1) is 36.7 Å². The lowest BCUT2D eigenvalue weighted by molar-refractivity contribution is -0.290. The number of nitrogens with one attached hydrogen (secondary N) is 3. The molecule has 11 unspecified atom stereocenters. The van der Waals surface area contributed by atoms with Crippen molar-refractivity contribution in [2.75, 3.05) is 13.2 Å². The molecule has 276 valence electrons. The Balaban J connectivity index is 1.93. The average molecular weight is 688 g/mol. The van der Waals surface area contributed by atoms with E-state index in [2.05, 4.69) is 16.0 Å². The Hall–Kier alpha value is -2.69. The molecule has 3 amide bonds. The maximum absolute atomic E-state index is 13.3. The molecule has 0 spiro atoms. The molecule has 3 rings (SSSR count). The first-order valence-corrected chi connectivity index (χ1v) is 16.7. The Morgan fingerprint density at radius 3 is 2.25 bits per heavy atom. The Morgan fingerprint density at radius 2 is 1.67 bits per heavy atom. The zero-order valence-corrected chi connectivity index (χ0v) is 29.6. The first kappa shape index (κ1) is 39.7. The second-order valence-electron chi connectivity index (χ2n) is 15.4. The van der Waals surface area contributed by atoms with Crippen molar-refractivity contribution in [3.63, 3.8) is 0 Å². The smallest absolute Gasteiger partial charge is 0.407 e. The molecule has 0 aromatic carbocycles. The first-order valence-electron chi connectivity index (χ1n) is 16.7. The van der Waals surface area contributed by atoms with E-state index in [0.717, 1.165) is 5.76 Å². The van der Waals surface area contributed by atoms with Crippen LogP contribution in [-0.4, -0.2) is 117 Å². The van der Waals surface area contributed by atoms with Crippen molar-refractivity contribution < 1.29 is 58.5 Å². The van der Waals surface area contributed by atoms with Gasteiger partial charge in [-0.3, -0.25) is 4.79 Å². The third kappa shape index (κ3) is 11.4. The van der Waals surface area contributed by atoms with Gasteiger partial charge in [0, 0.05) is 24.8 Å². The van der Waals surface area contributed by atoms with E-state index >= 15 is 0 Å². The summed E-state index contributed by atoms with van der Waals surface area (Å²) in [5.74, 6) is -1.01. The standard InChI is InChI=1S/C33H57N3O12/c1-10-18-12-11-17(2)25(45-18)23-19(36-30(42)48-32(6,7)8)13-20(35-27(40)22(38)15-34-29(41)47-31(3,4)5)26(24(23)39)46-28-21(37)14-33(9,43)16-44-28/h12,17,19-26,28,37-39,43H,10-11,13-16H2,1-9H3,(H,34,41)(H,35,40)(H,36,42). The fourth-order valence-corrected chi connectivity index (χ4v) is 6.22. The molecule has 0 radical (unpaired) electrons. The van der Waals surface area contributed by atoms with Crippen LogP contribution in [0.4, 0.5) is 9.59 Å². The number of carbonyl (C=O) groups is 3. The van der Waals surface area contributed by atoms with Gasteiger partial charge in [-0.25, -0.2) is 9.59 Å². The van der Waals surface area contributed by atoms with Crippen molar-refractivity contribution in [3.05, 3.63) is 11.8 Å². The molecule has 15 nitrogen and oxygen atoms in total. The van der Waals surface area contributed by atoms with Crippen molar-refractivity contribution in [3.8, 4) is 0 Å². The largest absolute Gasteiger partial charge is 0.494 e. The van der Waals surface area contributed by atoms with Crippen molar-refractivity contribution in [2.45, 2.75) is 154 Å². The number of ether oxygens (including phenoxy) is 5. The van der Waals surface area contributed by atoms with Crippen LogP contribution in [0.2, 0.25) is 0 Å². The summed E-state index contributed by atoms with van der Waals surface area (Å²) in [4.78, 5) is 38.5. The van der Waals surface area contributed by atoms with Crippen LogP contribution in [0.5, 0.6) is 0 Å². The van der Waals surface area contributed by atoms with Gasteiger partial charge in [-0.2, -0.15) is 0 Å². The van der Waals surface area contributed by atoms with Gasteiger partial charge in [0.15, 0.2) is 6.29 Å². The van der Waals surface area contributed by atoms with Gasteiger partial charge in [-0.15, -0.1) is 0 Å². The second-order valence-corrected chi connectivity index (χ2v) is 15.4. The van der Waals surface area contributed by atoms with Gasteiger partial charge in [0.25, 0.3) is 5.91 Å². The summed E-state index contributed by atoms with van der Waals surface area (Å²) < 4.78 is 28.9. The summed E-state index contributed by atoms with van der Waals surface area (Å²) in [6.45, 7) is 15.0. The lowest BCUT2D eigenvalue weighted by Crippen LogP contribution is -2.68. The highest BCUT2D eigenvalue weighted by Gasteiger charge is 2.53. The predicted octanol–water partition coefficient (Wildman–Crippen LogP) is 1.59. The van der Waals surface area contributed by atoms with Crippen LogP contribution in [0.25, 0.3) is 0 Å². The van der Waals surface area contributed by atoms with Crippen molar-refractivity contribution in [2.24, 2.45) is 11.8 Å². The second kappa shape index (κ2) is 15.9. The number of aliphatic hydroxyl groups excluding tert-OH is 3. The first-order chi connectivity index (χ1) is 22.1. The van der Waals surface area contributed by atoms with Crippen molar-refractivity contribution >= 4 is 18.1 Å². The minimum atomic E-state index is -1.71. The lowest BCUT2D eigenvalue weighted by atomic mass is 9.71. The normalized spacial score (nSPS) is 34.9. The van der Waals surface area contributed by atoms with E-state index in [1.165, 1.54) is 6.92 Å². The van der Waals surface area contributed by atoms with Crippen LogP contribution >= 0.6 is 0 Å². The van der Waals surface area contributed by atoms with Crippen LogP contribution in [0.15, 0.2) is 11.8 Å². The Labute approximate surface area is 283 Å². The van der Waals surface area contributed by atoms with Gasteiger partial charge in [0.1, 0.15) is 35.6 Å². The average Bonchev–Trinajstić information content (AvgIpc) is 2.93. The molecule has 3 aliphatic rings. The molecule has 0 bridgehead atoms. The third-order valence-corrected chi connectivity index (χ3v) is 8.38. The molecule has 1 saturated carbocycles. The van der Waals surface area contributed by atoms with Gasteiger partial charge >= 0.3 is 12.2 Å². The highest BCUT2D eigenvalue weighted by atomic mass is 16.7. The number of hydrogen-bond donors (Lipinski definition) is 7. The topological polar surface area (TPSA) is 214 Å². The number of alkyl carbamates (subject to hydrolysis) is 2. The molecular weight excluding hydrogens is 630 g/mol. The fourth-order valence-electron chi connectivity index (χ4n) is 6.22. The molecule has 1 aliphatic carbocycles. The van der Waals surface area contributed by atoms with Crippen LogP contribution < -0.4 is 16.0 Å². The zero-order valence-electron chi connectivity index (χ0n) is 29.6. The van der Waals surface area contributed by atoms with Crippen LogP contribution in [0, 0.1) is 11.8 Å². The number of carbonyl (C=O) groups excluding carboxylic acids is 3. The monoisotopic (exact) mass is 687 g/mol. The van der Waals surface area contributed by atoms with E-state index in [9.17, 15) is 34.8 Å². The van der Waals surface area contributed by atoms with Crippen LogP contribution in [-0.2, 0) is 28.5 Å². The van der Waals surface area contributed by atoms with Gasteiger partial charge in [0.2, 0.25) is 0 Å². The molecular formula is C33H57N3O12.